The molecule has 3 N–H and O–H groups in total. The van der Waals surface area contributed by atoms with E-state index in [-0.39, 0.29) is 30.9 Å². The van der Waals surface area contributed by atoms with Crippen molar-refractivity contribution in [3.05, 3.63) is 90.0 Å². The summed E-state index contributed by atoms with van der Waals surface area (Å²) in [6.45, 7) is 0.206. The minimum absolute atomic E-state index is 0.148. The highest BCUT2D eigenvalue weighted by Crippen LogP contribution is 2.24. The smallest absolute Gasteiger partial charge is 0.319 e. The molecule has 0 spiro atoms. The van der Waals surface area contributed by atoms with E-state index in [2.05, 4.69) is 16.0 Å². The highest BCUT2D eigenvalue weighted by atomic mass is 16.5. The lowest BCUT2D eigenvalue weighted by Gasteiger charge is -2.20. The van der Waals surface area contributed by atoms with Gasteiger partial charge in [0.05, 0.1) is 20.3 Å². The molecule has 0 aromatic heterocycles. The van der Waals surface area contributed by atoms with Crippen molar-refractivity contribution in [3.8, 4) is 11.5 Å². The van der Waals surface area contributed by atoms with Gasteiger partial charge in [-0.2, -0.15) is 0 Å². The van der Waals surface area contributed by atoms with Gasteiger partial charge < -0.3 is 25.4 Å². The molecule has 3 aromatic rings. The summed E-state index contributed by atoms with van der Waals surface area (Å²) < 4.78 is 10.3. The topological polar surface area (TPSA) is 88.7 Å². The van der Waals surface area contributed by atoms with E-state index in [1.807, 2.05) is 54.6 Å². The van der Waals surface area contributed by atoms with Crippen molar-refractivity contribution in [2.75, 3.05) is 26.1 Å². The molecule has 1 unspecified atom stereocenters. The zero-order valence-corrected chi connectivity index (χ0v) is 18.1. The second kappa shape index (κ2) is 11.4. The Bertz CT molecular complexity index is 1010. The Kier molecular flexibility index (Phi) is 8.09. The monoisotopic (exact) mass is 433 g/mol. The lowest BCUT2D eigenvalue weighted by molar-refractivity contribution is -0.121. The van der Waals surface area contributed by atoms with E-state index >= 15 is 0 Å². The molecule has 0 bridgehead atoms. The zero-order chi connectivity index (χ0) is 22.8. The van der Waals surface area contributed by atoms with Crippen LogP contribution in [0.3, 0.4) is 0 Å². The summed E-state index contributed by atoms with van der Waals surface area (Å²) in [5.74, 6) is 1.29. The maximum Gasteiger partial charge on any atom is 0.319 e. The van der Waals surface area contributed by atoms with Crippen LogP contribution in [0.15, 0.2) is 78.9 Å². The first kappa shape index (κ1) is 22.7. The third-order valence-corrected chi connectivity index (χ3v) is 4.87. The van der Waals surface area contributed by atoms with Crippen LogP contribution in [-0.4, -0.2) is 32.7 Å². The van der Waals surface area contributed by atoms with Gasteiger partial charge in [0.1, 0.15) is 11.5 Å². The van der Waals surface area contributed by atoms with Crippen LogP contribution in [0.1, 0.15) is 23.6 Å². The first-order chi connectivity index (χ1) is 15.6. The van der Waals surface area contributed by atoms with Crippen LogP contribution in [0, 0.1) is 0 Å². The number of rotatable bonds is 9. The van der Waals surface area contributed by atoms with Gasteiger partial charge in [-0.05, 0) is 47.5 Å². The molecular formula is C25H27N3O4. The summed E-state index contributed by atoms with van der Waals surface area (Å²) in [5, 5.41) is 8.48. The van der Waals surface area contributed by atoms with Gasteiger partial charge in [-0.1, -0.05) is 42.5 Å². The summed E-state index contributed by atoms with van der Waals surface area (Å²) in [6, 6.07) is 23.6. The first-order valence-electron chi connectivity index (χ1n) is 10.3. The number of hydrogen-bond acceptors (Lipinski definition) is 4. The molecule has 1 atom stereocenters. The number of hydrogen-bond donors (Lipinski definition) is 3. The molecule has 3 rings (SSSR count). The maximum absolute atomic E-state index is 12.6. The lowest BCUT2D eigenvalue weighted by atomic mass is 9.98. The average Bonchev–Trinajstić information content (AvgIpc) is 2.83. The number of benzene rings is 3. The maximum atomic E-state index is 12.6. The number of ether oxygens (including phenoxy) is 2. The van der Waals surface area contributed by atoms with E-state index in [1.54, 1.807) is 38.5 Å². The molecule has 0 saturated heterocycles. The van der Waals surface area contributed by atoms with E-state index in [9.17, 15) is 9.59 Å². The van der Waals surface area contributed by atoms with Crippen molar-refractivity contribution in [2.45, 2.75) is 12.5 Å². The van der Waals surface area contributed by atoms with E-state index in [1.165, 1.54) is 0 Å². The molecule has 0 heterocycles. The SMILES string of the molecule is COc1ccc(NC(=O)NCCC(=O)NC(c2ccccc2)c2ccc(OC)cc2)cc1. The normalized spacial score (nSPS) is 11.2. The Morgan fingerprint density at radius 2 is 1.34 bits per heavy atom. The molecule has 0 saturated carbocycles. The van der Waals surface area contributed by atoms with Gasteiger partial charge in [0.15, 0.2) is 0 Å². The summed E-state index contributed by atoms with van der Waals surface area (Å²) in [6.07, 6.45) is 0.148. The first-order valence-corrected chi connectivity index (χ1v) is 10.3. The Labute approximate surface area is 187 Å². The van der Waals surface area contributed by atoms with Gasteiger partial charge in [0.25, 0.3) is 0 Å². The Hall–Kier alpha value is -4.00. The Morgan fingerprint density at radius 1 is 0.781 bits per heavy atom. The summed E-state index contributed by atoms with van der Waals surface area (Å²) >= 11 is 0. The quantitative estimate of drug-likeness (QED) is 0.474. The predicted octanol–water partition coefficient (Wildman–Crippen LogP) is 4.12. The molecule has 0 aliphatic heterocycles. The van der Waals surface area contributed by atoms with Crippen LogP contribution in [0.4, 0.5) is 10.5 Å². The van der Waals surface area contributed by atoms with Crippen LogP contribution >= 0.6 is 0 Å². The van der Waals surface area contributed by atoms with Crippen molar-refractivity contribution in [1.29, 1.82) is 0 Å². The van der Waals surface area contributed by atoms with Crippen LogP contribution < -0.4 is 25.4 Å². The van der Waals surface area contributed by atoms with Gasteiger partial charge in [-0.15, -0.1) is 0 Å². The molecule has 3 amide bonds. The molecular weight excluding hydrogens is 406 g/mol. The van der Waals surface area contributed by atoms with Crippen molar-refractivity contribution in [2.24, 2.45) is 0 Å². The fourth-order valence-electron chi connectivity index (χ4n) is 3.17. The number of nitrogens with one attached hydrogen (secondary N) is 3. The van der Waals surface area contributed by atoms with Crippen molar-refractivity contribution in [3.63, 3.8) is 0 Å². The van der Waals surface area contributed by atoms with Gasteiger partial charge in [0, 0.05) is 18.7 Å². The standard InChI is InChI=1S/C25H27N3O4/c1-31-21-12-8-19(9-13-21)24(18-6-4-3-5-7-18)28-23(29)16-17-26-25(30)27-20-10-14-22(32-2)15-11-20/h3-15,24H,16-17H2,1-2H3,(H,28,29)(H2,26,27,30). The second-order valence-corrected chi connectivity index (χ2v) is 7.04. The molecule has 3 aromatic carbocycles. The molecule has 0 radical (unpaired) electrons. The van der Waals surface area contributed by atoms with Crippen LogP contribution in [0.5, 0.6) is 11.5 Å². The summed E-state index contributed by atoms with van der Waals surface area (Å²) in [4.78, 5) is 24.7. The fourth-order valence-corrected chi connectivity index (χ4v) is 3.17. The number of methoxy groups -OCH3 is 2. The largest absolute Gasteiger partial charge is 0.497 e. The number of urea groups is 1. The van der Waals surface area contributed by atoms with Gasteiger partial charge in [-0.3, -0.25) is 4.79 Å². The van der Waals surface area contributed by atoms with E-state index in [0.717, 1.165) is 16.9 Å². The highest BCUT2D eigenvalue weighted by molar-refractivity contribution is 5.89. The Balaban J connectivity index is 1.54. The zero-order valence-electron chi connectivity index (χ0n) is 18.1. The third-order valence-electron chi connectivity index (χ3n) is 4.87. The number of carbonyl (C=O) groups is 2. The molecule has 32 heavy (non-hydrogen) atoms. The van der Waals surface area contributed by atoms with Crippen LogP contribution in [-0.2, 0) is 4.79 Å². The van der Waals surface area contributed by atoms with Gasteiger partial charge >= 0.3 is 6.03 Å². The lowest BCUT2D eigenvalue weighted by Crippen LogP contribution is -2.35. The predicted molar refractivity (Wildman–Crippen MR) is 124 cm³/mol. The number of carbonyl (C=O) groups excluding carboxylic acids is 2. The Morgan fingerprint density at radius 3 is 1.94 bits per heavy atom. The molecule has 166 valence electrons. The van der Waals surface area contributed by atoms with Crippen molar-refractivity contribution in [1.82, 2.24) is 10.6 Å². The van der Waals surface area contributed by atoms with Crippen molar-refractivity contribution < 1.29 is 19.1 Å². The van der Waals surface area contributed by atoms with Crippen LogP contribution in [0.2, 0.25) is 0 Å². The minimum Gasteiger partial charge on any atom is -0.497 e. The third kappa shape index (κ3) is 6.50. The molecule has 7 heteroatoms. The minimum atomic E-state index is -0.377. The van der Waals surface area contributed by atoms with Gasteiger partial charge in [-0.25, -0.2) is 4.79 Å². The molecule has 0 fully saturated rings. The molecule has 7 nitrogen and oxygen atoms in total. The highest BCUT2D eigenvalue weighted by Gasteiger charge is 2.17. The van der Waals surface area contributed by atoms with Gasteiger partial charge in [0.2, 0.25) is 5.91 Å². The van der Waals surface area contributed by atoms with E-state index in [4.69, 9.17) is 9.47 Å². The molecule has 0 aliphatic carbocycles. The van der Waals surface area contributed by atoms with Crippen molar-refractivity contribution >= 4 is 17.6 Å². The van der Waals surface area contributed by atoms with Crippen LogP contribution in [0.25, 0.3) is 0 Å². The fraction of sp³-hybridized carbons (Fsp3) is 0.200. The summed E-state index contributed by atoms with van der Waals surface area (Å²) in [5.41, 5.74) is 2.54. The molecule has 0 aliphatic rings. The average molecular weight is 434 g/mol. The van der Waals surface area contributed by atoms with E-state index in [0.29, 0.717) is 11.4 Å². The van der Waals surface area contributed by atoms with E-state index < -0.39 is 0 Å². The number of amides is 3. The number of anilines is 1. The second-order valence-electron chi connectivity index (χ2n) is 7.04. The summed E-state index contributed by atoms with van der Waals surface area (Å²) in [7, 11) is 3.19.